The second-order valence-corrected chi connectivity index (χ2v) is 3.10. The summed E-state index contributed by atoms with van der Waals surface area (Å²) >= 11 is 0. The molecule has 2 aromatic heterocycles. The first-order valence-corrected chi connectivity index (χ1v) is 4.58. The standard InChI is InChI=1S/C9H12N4O2/c14-5-8-1-3-10-12(8)7-13-9(6-15)2-4-11-13/h1-4,14-15H,5-7H2. The Balaban J connectivity index is 2.21. The molecule has 0 saturated heterocycles. The fourth-order valence-corrected chi connectivity index (χ4v) is 1.37. The molecule has 6 nitrogen and oxygen atoms in total. The molecule has 0 unspecified atom stereocenters. The van der Waals surface area contributed by atoms with E-state index in [4.69, 9.17) is 10.2 Å². The van der Waals surface area contributed by atoms with E-state index in [9.17, 15) is 0 Å². The highest BCUT2D eigenvalue weighted by Crippen LogP contribution is 2.02. The van der Waals surface area contributed by atoms with Crippen molar-refractivity contribution in [2.24, 2.45) is 0 Å². The van der Waals surface area contributed by atoms with Gasteiger partial charge in [0.05, 0.1) is 24.6 Å². The van der Waals surface area contributed by atoms with Crippen molar-refractivity contribution in [1.29, 1.82) is 0 Å². The van der Waals surface area contributed by atoms with Crippen LogP contribution >= 0.6 is 0 Å². The number of rotatable bonds is 4. The van der Waals surface area contributed by atoms with Gasteiger partial charge in [-0.3, -0.25) is 0 Å². The number of aromatic nitrogens is 4. The van der Waals surface area contributed by atoms with Crippen molar-refractivity contribution < 1.29 is 10.2 Å². The van der Waals surface area contributed by atoms with Gasteiger partial charge >= 0.3 is 0 Å². The average molecular weight is 208 g/mol. The monoisotopic (exact) mass is 208 g/mol. The molecule has 2 heterocycles. The maximum Gasteiger partial charge on any atom is 0.133 e. The molecule has 0 radical (unpaired) electrons. The van der Waals surface area contributed by atoms with Gasteiger partial charge in [-0.2, -0.15) is 10.2 Å². The van der Waals surface area contributed by atoms with E-state index in [1.807, 2.05) is 0 Å². The summed E-state index contributed by atoms with van der Waals surface area (Å²) in [5.41, 5.74) is 1.43. The zero-order valence-corrected chi connectivity index (χ0v) is 8.11. The Morgan fingerprint density at radius 1 is 0.933 bits per heavy atom. The van der Waals surface area contributed by atoms with E-state index in [0.717, 1.165) is 11.4 Å². The van der Waals surface area contributed by atoms with Crippen LogP contribution in [0.15, 0.2) is 24.5 Å². The molecule has 2 aromatic rings. The van der Waals surface area contributed by atoms with Crippen LogP contribution in [0.25, 0.3) is 0 Å². The summed E-state index contributed by atoms with van der Waals surface area (Å²) in [6.45, 7) is 0.275. The number of aliphatic hydroxyl groups excluding tert-OH is 2. The predicted octanol–water partition coefficient (Wildman–Crippen LogP) is -0.430. The SMILES string of the molecule is OCc1ccnn1Cn1nccc1CO. The number of aliphatic hydroxyl groups is 2. The quantitative estimate of drug-likeness (QED) is 0.714. The third-order valence-corrected chi connectivity index (χ3v) is 2.20. The van der Waals surface area contributed by atoms with E-state index in [0.29, 0.717) is 6.67 Å². The van der Waals surface area contributed by atoms with Gasteiger partial charge in [0, 0.05) is 12.4 Å². The molecule has 2 N–H and O–H groups in total. The Kier molecular flexibility index (Phi) is 2.79. The minimum absolute atomic E-state index is 0.0598. The highest BCUT2D eigenvalue weighted by Gasteiger charge is 2.04. The van der Waals surface area contributed by atoms with E-state index in [1.54, 1.807) is 33.9 Å². The van der Waals surface area contributed by atoms with Gasteiger partial charge in [-0.25, -0.2) is 9.36 Å². The molecule has 0 saturated carbocycles. The Morgan fingerprint density at radius 2 is 1.40 bits per heavy atom. The van der Waals surface area contributed by atoms with Gasteiger partial charge in [-0.05, 0) is 12.1 Å². The molecular weight excluding hydrogens is 196 g/mol. The smallest absolute Gasteiger partial charge is 0.133 e. The topological polar surface area (TPSA) is 76.1 Å². The number of hydrogen-bond donors (Lipinski definition) is 2. The van der Waals surface area contributed by atoms with E-state index in [1.165, 1.54) is 0 Å². The van der Waals surface area contributed by atoms with Gasteiger partial charge in [0.2, 0.25) is 0 Å². The summed E-state index contributed by atoms with van der Waals surface area (Å²) in [6, 6.07) is 3.48. The maximum atomic E-state index is 9.02. The third kappa shape index (κ3) is 1.90. The van der Waals surface area contributed by atoms with Crippen LogP contribution in [-0.4, -0.2) is 29.8 Å². The Morgan fingerprint density at radius 3 is 1.80 bits per heavy atom. The lowest BCUT2D eigenvalue weighted by atomic mass is 10.4. The van der Waals surface area contributed by atoms with Crippen molar-refractivity contribution in [1.82, 2.24) is 19.6 Å². The zero-order valence-electron chi connectivity index (χ0n) is 8.11. The van der Waals surface area contributed by atoms with Crippen LogP contribution < -0.4 is 0 Å². The van der Waals surface area contributed by atoms with Gasteiger partial charge < -0.3 is 10.2 Å². The summed E-state index contributed by atoms with van der Waals surface area (Å²) in [5.74, 6) is 0. The summed E-state index contributed by atoms with van der Waals surface area (Å²) in [7, 11) is 0. The Bertz CT molecular complexity index is 395. The summed E-state index contributed by atoms with van der Waals surface area (Å²) in [5, 5.41) is 26.1. The van der Waals surface area contributed by atoms with Crippen molar-refractivity contribution >= 4 is 0 Å². The molecular formula is C9H12N4O2. The van der Waals surface area contributed by atoms with Crippen LogP contribution in [0, 0.1) is 0 Å². The number of nitrogens with zero attached hydrogens (tertiary/aromatic N) is 4. The summed E-state index contributed by atoms with van der Waals surface area (Å²) in [6.07, 6.45) is 3.24. The first kappa shape index (κ1) is 9.88. The predicted molar refractivity (Wildman–Crippen MR) is 51.7 cm³/mol. The minimum atomic E-state index is -0.0598. The normalized spacial score (nSPS) is 10.8. The first-order valence-electron chi connectivity index (χ1n) is 4.58. The summed E-state index contributed by atoms with van der Waals surface area (Å²) < 4.78 is 3.26. The van der Waals surface area contributed by atoms with Gasteiger partial charge in [-0.15, -0.1) is 0 Å². The Labute approximate surface area is 86.4 Å². The second-order valence-electron chi connectivity index (χ2n) is 3.10. The van der Waals surface area contributed by atoms with E-state index in [-0.39, 0.29) is 13.2 Å². The van der Waals surface area contributed by atoms with Crippen molar-refractivity contribution in [2.45, 2.75) is 19.9 Å². The Hall–Kier alpha value is -1.66. The molecule has 0 spiro atoms. The number of hydrogen-bond acceptors (Lipinski definition) is 4. The van der Waals surface area contributed by atoms with E-state index < -0.39 is 0 Å². The van der Waals surface area contributed by atoms with Gasteiger partial charge in [0.15, 0.2) is 0 Å². The molecule has 0 bridgehead atoms. The molecule has 6 heteroatoms. The van der Waals surface area contributed by atoms with Gasteiger partial charge in [0.1, 0.15) is 6.67 Å². The average Bonchev–Trinajstić information content (AvgIpc) is 2.87. The van der Waals surface area contributed by atoms with Crippen molar-refractivity contribution in [2.75, 3.05) is 0 Å². The summed E-state index contributed by atoms with van der Waals surface area (Å²) in [4.78, 5) is 0. The van der Waals surface area contributed by atoms with Gasteiger partial charge in [-0.1, -0.05) is 0 Å². The first-order chi connectivity index (χ1) is 7.35. The zero-order chi connectivity index (χ0) is 10.7. The molecule has 0 aliphatic rings. The molecule has 0 aromatic carbocycles. The highest BCUT2D eigenvalue weighted by molar-refractivity contribution is 5.01. The lowest BCUT2D eigenvalue weighted by Crippen LogP contribution is -2.15. The highest BCUT2D eigenvalue weighted by atomic mass is 16.3. The minimum Gasteiger partial charge on any atom is -0.390 e. The molecule has 15 heavy (non-hydrogen) atoms. The third-order valence-electron chi connectivity index (χ3n) is 2.20. The lowest BCUT2D eigenvalue weighted by molar-refractivity contribution is 0.255. The van der Waals surface area contributed by atoms with Crippen molar-refractivity contribution in [3.8, 4) is 0 Å². The maximum absolute atomic E-state index is 9.02. The fourth-order valence-electron chi connectivity index (χ4n) is 1.37. The van der Waals surface area contributed by atoms with Crippen molar-refractivity contribution in [3.63, 3.8) is 0 Å². The fraction of sp³-hybridized carbons (Fsp3) is 0.333. The van der Waals surface area contributed by atoms with E-state index in [2.05, 4.69) is 10.2 Å². The van der Waals surface area contributed by atoms with Crippen molar-refractivity contribution in [3.05, 3.63) is 35.9 Å². The molecule has 2 rings (SSSR count). The van der Waals surface area contributed by atoms with Crippen LogP contribution in [0.2, 0.25) is 0 Å². The van der Waals surface area contributed by atoms with Crippen LogP contribution in [0.4, 0.5) is 0 Å². The van der Waals surface area contributed by atoms with Gasteiger partial charge in [0.25, 0.3) is 0 Å². The van der Waals surface area contributed by atoms with Crippen LogP contribution in [-0.2, 0) is 19.9 Å². The molecule has 80 valence electrons. The van der Waals surface area contributed by atoms with Crippen LogP contribution in [0.1, 0.15) is 11.4 Å². The molecule has 0 amide bonds. The van der Waals surface area contributed by atoms with Crippen LogP contribution in [0.3, 0.4) is 0 Å². The van der Waals surface area contributed by atoms with Crippen LogP contribution in [0.5, 0.6) is 0 Å². The lowest BCUT2D eigenvalue weighted by Gasteiger charge is -2.08. The molecule has 0 atom stereocenters. The second kappa shape index (κ2) is 4.24. The molecule has 0 fully saturated rings. The van der Waals surface area contributed by atoms with E-state index >= 15 is 0 Å². The molecule has 0 aliphatic carbocycles. The molecule has 0 aliphatic heterocycles. The largest absolute Gasteiger partial charge is 0.390 e.